The molecule has 1 aromatic heterocycles. The summed E-state index contributed by atoms with van der Waals surface area (Å²) in [7, 11) is 0. The van der Waals surface area contributed by atoms with Gasteiger partial charge in [0.15, 0.2) is 0 Å². The summed E-state index contributed by atoms with van der Waals surface area (Å²) in [5.74, 6) is -1.41. The van der Waals surface area contributed by atoms with Gasteiger partial charge in [-0.1, -0.05) is 41.9 Å². The number of hydrogen-bond acceptors (Lipinski definition) is 4. The number of nitrogens with zero attached hydrogens (tertiary/aromatic N) is 1. The number of carbonyl (C=O) groups excluding carboxylic acids is 3. The molecule has 3 aromatic rings. The molecule has 30 heavy (non-hydrogen) atoms. The molecule has 2 aromatic carbocycles. The van der Waals surface area contributed by atoms with Crippen molar-refractivity contribution in [2.45, 2.75) is 26.3 Å². The minimum atomic E-state index is -1.19. The average molecular weight is 425 g/mol. The molecular weight excluding hydrogens is 404 g/mol. The number of para-hydroxylation sites is 1. The lowest BCUT2D eigenvalue weighted by Gasteiger charge is -2.24. The summed E-state index contributed by atoms with van der Waals surface area (Å²) in [6, 6.07) is 16.0. The molecule has 0 fully saturated rings. The Morgan fingerprint density at radius 2 is 1.63 bits per heavy atom. The van der Waals surface area contributed by atoms with Crippen molar-refractivity contribution in [2.75, 3.05) is 0 Å². The predicted molar refractivity (Wildman–Crippen MR) is 116 cm³/mol. The first-order chi connectivity index (χ1) is 14.2. The van der Waals surface area contributed by atoms with Crippen LogP contribution in [0, 0.1) is 0 Å². The zero-order valence-electron chi connectivity index (χ0n) is 16.7. The van der Waals surface area contributed by atoms with Gasteiger partial charge in [0.2, 0.25) is 5.91 Å². The Kier molecular flexibility index (Phi) is 6.03. The predicted octanol–water partition coefficient (Wildman–Crippen LogP) is 3.23. The van der Waals surface area contributed by atoms with Gasteiger partial charge in [0.25, 0.3) is 11.8 Å². The van der Waals surface area contributed by atoms with Crippen molar-refractivity contribution in [3.8, 4) is 11.3 Å². The van der Waals surface area contributed by atoms with Crippen LogP contribution in [-0.2, 0) is 9.59 Å². The van der Waals surface area contributed by atoms with Crippen LogP contribution in [0.3, 0.4) is 0 Å². The number of hydrogen-bond donors (Lipinski definition) is 3. The molecule has 0 aliphatic carbocycles. The molecular formula is C22H21ClN4O3. The Balaban J connectivity index is 1.90. The van der Waals surface area contributed by atoms with Crippen LogP contribution in [-0.4, -0.2) is 28.2 Å². The van der Waals surface area contributed by atoms with Gasteiger partial charge in [0.05, 0.1) is 16.8 Å². The highest BCUT2D eigenvalue weighted by atomic mass is 35.5. The number of carbonyl (C=O) groups is 3. The van der Waals surface area contributed by atoms with E-state index in [0.717, 1.165) is 5.56 Å². The van der Waals surface area contributed by atoms with Crippen molar-refractivity contribution in [3.63, 3.8) is 0 Å². The van der Waals surface area contributed by atoms with E-state index in [1.54, 1.807) is 30.3 Å². The maximum atomic E-state index is 12.9. The molecule has 3 rings (SSSR count). The maximum Gasteiger partial charge on any atom is 0.270 e. The number of hydrazine groups is 1. The summed E-state index contributed by atoms with van der Waals surface area (Å²) in [5, 5.41) is 3.76. The van der Waals surface area contributed by atoms with E-state index in [1.165, 1.54) is 20.8 Å². The van der Waals surface area contributed by atoms with Gasteiger partial charge in [-0.3, -0.25) is 25.2 Å². The van der Waals surface area contributed by atoms with Gasteiger partial charge >= 0.3 is 0 Å². The molecule has 1 heterocycles. The van der Waals surface area contributed by atoms with Crippen molar-refractivity contribution in [1.29, 1.82) is 0 Å². The van der Waals surface area contributed by atoms with Crippen LogP contribution in [0.25, 0.3) is 22.2 Å². The van der Waals surface area contributed by atoms with Crippen LogP contribution in [0.1, 0.15) is 31.1 Å². The summed E-state index contributed by atoms with van der Waals surface area (Å²) in [6.45, 7) is 4.39. The first-order valence-corrected chi connectivity index (χ1v) is 9.60. The van der Waals surface area contributed by atoms with E-state index < -0.39 is 17.4 Å². The molecule has 0 atom stereocenters. The van der Waals surface area contributed by atoms with Crippen LogP contribution in [0.4, 0.5) is 0 Å². The molecule has 3 N–H and O–H groups in total. The van der Waals surface area contributed by atoms with E-state index in [-0.39, 0.29) is 5.91 Å². The quantitative estimate of drug-likeness (QED) is 0.560. The topological polar surface area (TPSA) is 100 Å². The van der Waals surface area contributed by atoms with E-state index in [4.69, 9.17) is 11.6 Å². The van der Waals surface area contributed by atoms with Gasteiger partial charge in [-0.15, -0.1) is 0 Å². The second-order valence-corrected chi connectivity index (χ2v) is 7.73. The SMILES string of the molecule is CC(=O)NC(C)(C)C(=O)NNC(=O)c1cc(-c2ccc(Cl)cc2)nc2ccccc12. The summed E-state index contributed by atoms with van der Waals surface area (Å²) < 4.78 is 0. The molecule has 0 unspecified atom stereocenters. The fourth-order valence-corrected chi connectivity index (χ4v) is 3.09. The zero-order chi connectivity index (χ0) is 21.9. The Labute approximate surface area is 178 Å². The summed E-state index contributed by atoms with van der Waals surface area (Å²) >= 11 is 5.96. The normalized spacial score (nSPS) is 11.1. The molecule has 8 heteroatoms. The molecule has 0 radical (unpaired) electrons. The molecule has 0 aliphatic rings. The number of nitrogens with one attached hydrogen (secondary N) is 3. The van der Waals surface area contributed by atoms with Gasteiger partial charge in [-0.05, 0) is 38.1 Å². The Bertz CT molecular complexity index is 1130. The smallest absolute Gasteiger partial charge is 0.270 e. The number of amides is 3. The lowest BCUT2D eigenvalue weighted by molar-refractivity contribution is -0.132. The fraction of sp³-hybridized carbons (Fsp3) is 0.182. The third-order valence-corrected chi connectivity index (χ3v) is 4.70. The van der Waals surface area contributed by atoms with Gasteiger partial charge in [-0.2, -0.15) is 0 Å². The summed E-state index contributed by atoms with van der Waals surface area (Å²) in [5.41, 5.74) is 5.99. The van der Waals surface area contributed by atoms with Crippen molar-refractivity contribution in [1.82, 2.24) is 21.2 Å². The number of pyridine rings is 1. The number of halogens is 1. The fourth-order valence-electron chi connectivity index (χ4n) is 2.97. The Morgan fingerprint density at radius 3 is 2.30 bits per heavy atom. The molecule has 154 valence electrons. The molecule has 0 saturated carbocycles. The number of aromatic nitrogens is 1. The minimum Gasteiger partial charge on any atom is -0.342 e. The number of benzene rings is 2. The van der Waals surface area contributed by atoms with Crippen molar-refractivity contribution in [3.05, 3.63) is 65.2 Å². The standard InChI is InChI=1S/C22H21ClN4O3/c1-13(28)25-22(2,3)21(30)27-26-20(29)17-12-19(14-8-10-15(23)11-9-14)24-18-7-5-4-6-16(17)18/h4-12H,1-3H3,(H,25,28)(H,26,29)(H,27,30). The molecule has 0 bridgehead atoms. The van der Waals surface area contributed by atoms with Crippen LogP contribution < -0.4 is 16.2 Å². The zero-order valence-corrected chi connectivity index (χ0v) is 17.5. The molecule has 0 saturated heterocycles. The van der Waals surface area contributed by atoms with Gasteiger partial charge in [0, 0.05) is 22.9 Å². The first-order valence-electron chi connectivity index (χ1n) is 9.22. The van der Waals surface area contributed by atoms with Crippen molar-refractivity contribution >= 4 is 40.2 Å². The summed E-state index contributed by atoms with van der Waals surface area (Å²) in [6.07, 6.45) is 0. The Morgan fingerprint density at radius 1 is 0.967 bits per heavy atom. The lowest BCUT2D eigenvalue weighted by atomic mass is 10.0. The van der Waals surface area contributed by atoms with E-state index in [2.05, 4.69) is 21.2 Å². The lowest BCUT2D eigenvalue weighted by Crippen LogP contribution is -2.58. The molecule has 0 aliphatic heterocycles. The molecule has 7 nitrogen and oxygen atoms in total. The van der Waals surface area contributed by atoms with E-state index in [1.807, 2.05) is 24.3 Å². The number of rotatable bonds is 4. The van der Waals surface area contributed by atoms with Crippen LogP contribution >= 0.6 is 11.6 Å². The van der Waals surface area contributed by atoms with Crippen molar-refractivity contribution in [2.24, 2.45) is 0 Å². The van der Waals surface area contributed by atoms with E-state index >= 15 is 0 Å². The molecule has 0 spiro atoms. The monoisotopic (exact) mass is 424 g/mol. The largest absolute Gasteiger partial charge is 0.342 e. The highest BCUT2D eigenvalue weighted by molar-refractivity contribution is 6.30. The average Bonchev–Trinajstić information content (AvgIpc) is 2.70. The van der Waals surface area contributed by atoms with Gasteiger partial charge < -0.3 is 5.32 Å². The highest BCUT2D eigenvalue weighted by Crippen LogP contribution is 2.25. The highest BCUT2D eigenvalue weighted by Gasteiger charge is 2.28. The second kappa shape index (κ2) is 8.51. The van der Waals surface area contributed by atoms with E-state index in [9.17, 15) is 14.4 Å². The van der Waals surface area contributed by atoms with Gasteiger partial charge in [0.1, 0.15) is 5.54 Å². The Hall–Kier alpha value is -3.45. The molecule has 3 amide bonds. The van der Waals surface area contributed by atoms with Crippen molar-refractivity contribution < 1.29 is 14.4 Å². The summed E-state index contributed by atoms with van der Waals surface area (Å²) in [4.78, 5) is 41.1. The van der Waals surface area contributed by atoms with Crippen LogP contribution in [0.5, 0.6) is 0 Å². The van der Waals surface area contributed by atoms with E-state index in [0.29, 0.717) is 27.2 Å². The maximum absolute atomic E-state index is 12.9. The van der Waals surface area contributed by atoms with Crippen LogP contribution in [0.2, 0.25) is 5.02 Å². The first kappa shape index (κ1) is 21.3. The third kappa shape index (κ3) is 4.75. The van der Waals surface area contributed by atoms with Crippen LogP contribution in [0.15, 0.2) is 54.6 Å². The number of fused-ring (bicyclic) bond motifs is 1. The minimum absolute atomic E-state index is 0.350. The van der Waals surface area contributed by atoms with Gasteiger partial charge in [-0.25, -0.2) is 4.98 Å². The third-order valence-electron chi connectivity index (χ3n) is 4.45. The second-order valence-electron chi connectivity index (χ2n) is 7.29.